The molecule has 0 aliphatic carbocycles. The van der Waals surface area contributed by atoms with Crippen LogP contribution >= 0.6 is 23.5 Å². The van der Waals surface area contributed by atoms with Gasteiger partial charge in [-0.25, -0.2) is 9.07 Å². The number of anilines is 1. The van der Waals surface area contributed by atoms with E-state index in [2.05, 4.69) is 10.4 Å². The average molecular weight is 385 g/mol. The first-order valence-electron chi connectivity index (χ1n) is 8.13. The Hall–Kier alpha value is -2.25. The van der Waals surface area contributed by atoms with E-state index in [0.717, 1.165) is 39.2 Å². The highest BCUT2D eigenvalue weighted by Crippen LogP contribution is 2.36. The highest BCUT2D eigenvalue weighted by atomic mass is 32.2. The molecule has 1 N–H and O–H groups in total. The van der Waals surface area contributed by atoms with Gasteiger partial charge in [-0.3, -0.25) is 4.79 Å². The number of nitrogens with zero attached hydrogens (tertiary/aromatic N) is 2. The summed E-state index contributed by atoms with van der Waals surface area (Å²) < 4.78 is 14.8. The van der Waals surface area contributed by atoms with Crippen molar-refractivity contribution in [3.05, 3.63) is 71.7 Å². The standard InChI is InChI=1S/C19H16FN3OS2/c20-13-6-8-15(9-7-13)26-12-18(24)21-19-16-10-25-11-17(16)22-23(19)14-4-2-1-3-5-14/h1-9H,10-12H2,(H,21,24). The smallest absolute Gasteiger partial charge is 0.235 e. The number of nitrogens with one attached hydrogen (secondary N) is 1. The minimum atomic E-state index is -0.279. The molecule has 7 heteroatoms. The number of para-hydroxylation sites is 1. The minimum Gasteiger partial charge on any atom is -0.310 e. The molecule has 2 heterocycles. The topological polar surface area (TPSA) is 46.9 Å². The Balaban J connectivity index is 1.52. The Morgan fingerprint density at radius 2 is 1.92 bits per heavy atom. The molecule has 132 valence electrons. The molecule has 1 amide bonds. The van der Waals surface area contributed by atoms with Gasteiger partial charge in [-0.15, -0.1) is 11.8 Å². The number of hydrogen-bond donors (Lipinski definition) is 1. The monoisotopic (exact) mass is 385 g/mol. The molecule has 0 fully saturated rings. The van der Waals surface area contributed by atoms with E-state index in [1.54, 1.807) is 23.9 Å². The first kappa shape index (κ1) is 17.2. The molecule has 0 spiro atoms. The molecule has 0 saturated carbocycles. The fourth-order valence-electron chi connectivity index (χ4n) is 2.75. The summed E-state index contributed by atoms with van der Waals surface area (Å²) in [7, 11) is 0. The van der Waals surface area contributed by atoms with Crippen LogP contribution in [0.3, 0.4) is 0 Å². The Morgan fingerprint density at radius 3 is 2.69 bits per heavy atom. The molecule has 0 radical (unpaired) electrons. The molecule has 4 rings (SSSR count). The van der Waals surface area contributed by atoms with E-state index in [0.29, 0.717) is 0 Å². The fraction of sp³-hybridized carbons (Fsp3) is 0.158. The normalized spacial score (nSPS) is 12.8. The number of thioether (sulfide) groups is 2. The highest BCUT2D eigenvalue weighted by Gasteiger charge is 2.24. The summed E-state index contributed by atoms with van der Waals surface area (Å²) in [6, 6.07) is 15.9. The predicted molar refractivity (Wildman–Crippen MR) is 104 cm³/mol. The van der Waals surface area contributed by atoms with Crippen LogP contribution < -0.4 is 5.32 Å². The van der Waals surface area contributed by atoms with E-state index in [1.807, 2.05) is 35.0 Å². The molecule has 0 saturated heterocycles. The minimum absolute atomic E-state index is 0.101. The van der Waals surface area contributed by atoms with Gasteiger partial charge in [-0.2, -0.15) is 16.9 Å². The summed E-state index contributed by atoms with van der Waals surface area (Å²) in [5.74, 6) is 2.34. The molecule has 3 aromatic rings. The third-order valence-corrected chi connectivity index (χ3v) is 5.98. The number of amides is 1. The zero-order valence-electron chi connectivity index (χ0n) is 13.8. The molecule has 26 heavy (non-hydrogen) atoms. The van der Waals surface area contributed by atoms with Crippen molar-refractivity contribution in [1.29, 1.82) is 0 Å². The van der Waals surface area contributed by atoms with Gasteiger partial charge in [0.15, 0.2) is 0 Å². The second-order valence-corrected chi connectivity index (χ2v) is 7.84. The van der Waals surface area contributed by atoms with Gasteiger partial charge in [-0.05, 0) is 36.4 Å². The Bertz CT molecular complexity index is 926. The predicted octanol–water partition coefficient (Wildman–Crippen LogP) is 4.49. The molecular weight excluding hydrogens is 369 g/mol. The van der Waals surface area contributed by atoms with E-state index in [9.17, 15) is 9.18 Å². The van der Waals surface area contributed by atoms with Crippen molar-refractivity contribution in [3.8, 4) is 5.69 Å². The molecule has 2 aromatic carbocycles. The van der Waals surface area contributed by atoms with E-state index in [4.69, 9.17) is 0 Å². The van der Waals surface area contributed by atoms with Crippen LogP contribution in [0.2, 0.25) is 0 Å². The number of rotatable bonds is 5. The van der Waals surface area contributed by atoms with E-state index < -0.39 is 0 Å². The van der Waals surface area contributed by atoms with Crippen LogP contribution in [0.4, 0.5) is 10.2 Å². The third kappa shape index (κ3) is 3.64. The Labute approximate surface area is 159 Å². The number of halogens is 1. The molecule has 1 aliphatic heterocycles. The largest absolute Gasteiger partial charge is 0.310 e. The lowest BCUT2D eigenvalue weighted by Gasteiger charge is -2.11. The van der Waals surface area contributed by atoms with Crippen LogP contribution in [0.5, 0.6) is 0 Å². The molecular formula is C19H16FN3OS2. The SMILES string of the molecule is O=C(CSc1ccc(F)cc1)Nc1c2c(nn1-c1ccccc1)CSC2. The molecule has 0 unspecified atom stereocenters. The van der Waals surface area contributed by atoms with Crippen molar-refractivity contribution >= 4 is 35.2 Å². The lowest BCUT2D eigenvalue weighted by atomic mass is 10.2. The second kappa shape index (κ2) is 7.55. The maximum atomic E-state index is 13.0. The van der Waals surface area contributed by atoms with Gasteiger partial charge < -0.3 is 5.32 Å². The van der Waals surface area contributed by atoms with Crippen molar-refractivity contribution < 1.29 is 9.18 Å². The van der Waals surface area contributed by atoms with E-state index >= 15 is 0 Å². The van der Waals surface area contributed by atoms with Gasteiger partial charge in [0.25, 0.3) is 0 Å². The highest BCUT2D eigenvalue weighted by molar-refractivity contribution is 8.00. The van der Waals surface area contributed by atoms with Gasteiger partial charge in [0.05, 0.1) is 17.1 Å². The zero-order chi connectivity index (χ0) is 17.9. The Morgan fingerprint density at radius 1 is 1.15 bits per heavy atom. The Kier molecular flexibility index (Phi) is 4.99. The number of aromatic nitrogens is 2. The van der Waals surface area contributed by atoms with Crippen molar-refractivity contribution in [3.63, 3.8) is 0 Å². The molecule has 1 aromatic heterocycles. The van der Waals surface area contributed by atoms with Crippen LogP contribution in [-0.2, 0) is 16.3 Å². The molecule has 0 bridgehead atoms. The van der Waals surface area contributed by atoms with Crippen LogP contribution in [-0.4, -0.2) is 21.4 Å². The summed E-state index contributed by atoms with van der Waals surface area (Å²) in [5.41, 5.74) is 3.05. The number of carbonyl (C=O) groups is 1. The molecule has 4 nitrogen and oxygen atoms in total. The van der Waals surface area contributed by atoms with Crippen molar-refractivity contribution in [1.82, 2.24) is 9.78 Å². The van der Waals surface area contributed by atoms with Gasteiger partial charge in [0.1, 0.15) is 11.6 Å². The number of hydrogen-bond acceptors (Lipinski definition) is 4. The first-order chi connectivity index (χ1) is 12.7. The molecule has 1 aliphatic rings. The summed E-state index contributed by atoms with van der Waals surface area (Å²) in [4.78, 5) is 13.3. The van der Waals surface area contributed by atoms with Crippen LogP contribution in [0, 0.1) is 5.82 Å². The lowest BCUT2D eigenvalue weighted by Crippen LogP contribution is -2.18. The second-order valence-electron chi connectivity index (χ2n) is 5.80. The van der Waals surface area contributed by atoms with Gasteiger partial charge in [0, 0.05) is 22.0 Å². The average Bonchev–Trinajstić information content (AvgIpc) is 3.25. The summed E-state index contributed by atoms with van der Waals surface area (Å²) in [6.45, 7) is 0. The summed E-state index contributed by atoms with van der Waals surface area (Å²) in [5, 5.41) is 7.70. The lowest BCUT2D eigenvalue weighted by molar-refractivity contribution is -0.113. The number of carbonyl (C=O) groups excluding carboxylic acids is 1. The van der Waals surface area contributed by atoms with E-state index in [-0.39, 0.29) is 17.5 Å². The fourth-order valence-corrected chi connectivity index (χ4v) is 4.48. The first-order valence-corrected chi connectivity index (χ1v) is 10.3. The quantitative estimate of drug-likeness (QED) is 0.658. The van der Waals surface area contributed by atoms with Gasteiger partial charge in [-0.1, -0.05) is 18.2 Å². The van der Waals surface area contributed by atoms with Crippen molar-refractivity contribution in [2.45, 2.75) is 16.4 Å². The summed E-state index contributed by atoms with van der Waals surface area (Å²) in [6.07, 6.45) is 0. The van der Waals surface area contributed by atoms with E-state index in [1.165, 1.54) is 23.9 Å². The van der Waals surface area contributed by atoms with Crippen molar-refractivity contribution in [2.75, 3.05) is 11.1 Å². The number of benzene rings is 2. The van der Waals surface area contributed by atoms with Gasteiger partial charge in [0.2, 0.25) is 5.91 Å². The zero-order valence-corrected chi connectivity index (χ0v) is 15.4. The molecule has 0 atom stereocenters. The summed E-state index contributed by atoms with van der Waals surface area (Å²) >= 11 is 3.18. The number of fused-ring (bicyclic) bond motifs is 1. The van der Waals surface area contributed by atoms with Crippen molar-refractivity contribution in [2.24, 2.45) is 0 Å². The van der Waals surface area contributed by atoms with Crippen LogP contribution in [0.1, 0.15) is 11.3 Å². The third-order valence-electron chi connectivity index (χ3n) is 3.99. The maximum absolute atomic E-state index is 13.0. The maximum Gasteiger partial charge on any atom is 0.235 e. The van der Waals surface area contributed by atoms with Crippen LogP contribution in [0.15, 0.2) is 59.5 Å². The van der Waals surface area contributed by atoms with Crippen LogP contribution in [0.25, 0.3) is 5.69 Å². The van der Waals surface area contributed by atoms with Gasteiger partial charge >= 0.3 is 0 Å².